The van der Waals surface area contributed by atoms with Crippen molar-refractivity contribution >= 4 is 28.4 Å². The van der Waals surface area contributed by atoms with Crippen molar-refractivity contribution in [1.29, 1.82) is 0 Å². The van der Waals surface area contributed by atoms with Crippen molar-refractivity contribution in [3.8, 4) is 11.3 Å². The van der Waals surface area contributed by atoms with Gasteiger partial charge in [0, 0.05) is 42.7 Å². The molecule has 32 heavy (non-hydrogen) atoms. The number of nitrogens with zero attached hydrogens (tertiary/aromatic N) is 2. The molecule has 4 rings (SSSR count). The van der Waals surface area contributed by atoms with Gasteiger partial charge in [0.25, 0.3) is 5.91 Å². The number of nitrogens with one attached hydrogen (secondary N) is 2. The fraction of sp³-hybridized carbons (Fsp3) is 0.346. The molecule has 1 atom stereocenters. The Balaban J connectivity index is 1.55. The predicted molar refractivity (Wildman–Crippen MR) is 129 cm³/mol. The third-order valence-electron chi connectivity index (χ3n) is 6.09. The van der Waals surface area contributed by atoms with Gasteiger partial charge in [0.1, 0.15) is 0 Å². The molecule has 1 saturated heterocycles. The molecule has 2 heterocycles. The molecule has 1 fully saturated rings. The summed E-state index contributed by atoms with van der Waals surface area (Å²) in [7, 11) is 0. The first-order valence-electron chi connectivity index (χ1n) is 11.3. The lowest BCUT2D eigenvalue weighted by molar-refractivity contribution is -0.114. The van der Waals surface area contributed by atoms with Crippen LogP contribution in [0.3, 0.4) is 0 Å². The van der Waals surface area contributed by atoms with Crippen LogP contribution in [0.5, 0.6) is 0 Å². The number of likely N-dealkylation sites (tertiary alicyclic amines) is 1. The summed E-state index contributed by atoms with van der Waals surface area (Å²) < 4.78 is 0. The first-order valence-corrected chi connectivity index (χ1v) is 11.3. The predicted octanol–water partition coefficient (Wildman–Crippen LogP) is 4.46. The third kappa shape index (κ3) is 5.14. The first-order chi connectivity index (χ1) is 15.5. The van der Waals surface area contributed by atoms with Crippen LogP contribution in [-0.4, -0.2) is 47.4 Å². The van der Waals surface area contributed by atoms with Crippen molar-refractivity contribution in [2.75, 3.05) is 25.0 Å². The number of anilines is 1. The molecule has 166 valence electrons. The van der Waals surface area contributed by atoms with Gasteiger partial charge in [0.05, 0.1) is 16.8 Å². The van der Waals surface area contributed by atoms with Crippen molar-refractivity contribution in [1.82, 2.24) is 15.2 Å². The zero-order valence-corrected chi connectivity index (χ0v) is 18.7. The molecule has 1 aliphatic heterocycles. The van der Waals surface area contributed by atoms with Gasteiger partial charge in [-0.2, -0.15) is 0 Å². The van der Waals surface area contributed by atoms with Gasteiger partial charge in [-0.15, -0.1) is 0 Å². The van der Waals surface area contributed by atoms with Gasteiger partial charge in [-0.05, 0) is 50.6 Å². The normalized spacial score (nSPS) is 16.6. The largest absolute Gasteiger partial charge is 0.351 e. The summed E-state index contributed by atoms with van der Waals surface area (Å²) in [6.45, 7) is 6.35. The van der Waals surface area contributed by atoms with Crippen LogP contribution >= 0.6 is 0 Å². The second-order valence-electron chi connectivity index (χ2n) is 8.47. The van der Waals surface area contributed by atoms with Gasteiger partial charge < -0.3 is 10.6 Å². The van der Waals surface area contributed by atoms with E-state index in [-0.39, 0.29) is 11.8 Å². The molecular weight excluding hydrogens is 400 g/mol. The van der Waals surface area contributed by atoms with Gasteiger partial charge in [0.15, 0.2) is 0 Å². The molecule has 6 nitrogen and oxygen atoms in total. The van der Waals surface area contributed by atoms with Crippen LogP contribution in [-0.2, 0) is 4.79 Å². The minimum absolute atomic E-state index is 0.0793. The van der Waals surface area contributed by atoms with Gasteiger partial charge >= 0.3 is 0 Å². The molecule has 6 heteroatoms. The van der Waals surface area contributed by atoms with Crippen LogP contribution in [0.25, 0.3) is 22.2 Å². The fourth-order valence-electron chi connectivity index (χ4n) is 4.34. The number of aromatic nitrogens is 1. The number of carbonyl (C=O) groups is 2. The van der Waals surface area contributed by atoms with Crippen molar-refractivity contribution < 1.29 is 9.59 Å². The van der Waals surface area contributed by atoms with Gasteiger partial charge in [0.2, 0.25) is 5.91 Å². The van der Waals surface area contributed by atoms with E-state index in [1.807, 2.05) is 54.6 Å². The molecule has 1 aromatic heterocycles. The van der Waals surface area contributed by atoms with E-state index in [2.05, 4.69) is 22.5 Å². The number of para-hydroxylation sites is 1. The maximum absolute atomic E-state index is 13.1. The van der Waals surface area contributed by atoms with Crippen LogP contribution in [0.1, 0.15) is 43.5 Å². The summed E-state index contributed by atoms with van der Waals surface area (Å²) in [5, 5.41) is 6.72. The summed E-state index contributed by atoms with van der Waals surface area (Å²) in [5.41, 5.74) is 3.76. The van der Waals surface area contributed by atoms with Gasteiger partial charge in [-0.1, -0.05) is 36.8 Å². The van der Waals surface area contributed by atoms with Crippen molar-refractivity contribution in [3.63, 3.8) is 0 Å². The minimum Gasteiger partial charge on any atom is -0.351 e. The quantitative estimate of drug-likeness (QED) is 0.605. The molecule has 0 spiro atoms. The van der Waals surface area contributed by atoms with Gasteiger partial charge in [-0.3, -0.25) is 14.5 Å². The van der Waals surface area contributed by atoms with Gasteiger partial charge in [-0.25, -0.2) is 4.98 Å². The number of carbonyl (C=O) groups excluding carboxylic acids is 2. The molecule has 0 saturated carbocycles. The van der Waals surface area contributed by atoms with E-state index >= 15 is 0 Å². The lowest BCUT2D eigenvalue weighted by Crippen LogP contribution is -2.42. The smallest absolute Gasteiger partial charge is 0.252 e. The van der Waals surface area contributed by atoms with Crippen LogP contribution in [0.15, 0.2) is 54.6 Å². The fourth-order valence-corrected chi connectivity index (χ4v) is 4.34. The highest BCUT2D eigenvalue weighted by molar-refractivity contribution is 6.07. The van der Waals surface area contributed by atoms with E-state index in [9.17, 15) is 9.59 Å². The zero-order valence-electron chi connectivity index (χ0n) is 18.7. The topological polar surface area (TPSA) is 74.3 Å². The Hall–Kier alpha value is -3.25. The molecule has 2 amide bonds. The van der Waals surface area contributed by atoms with Crippen LogP contribution in [0.4, 0.5) is 5.69 Å². The monoisotopic (exact) mass is 430 g/mol. The van der Waals surface area contributed by atoms with Crippen LogP contribution in [0.2, 0.25) is 0 Å². The summed E-state index contributed by atoms with van der Waals surface area (Å²) >= 11 is 0. The highest BCUT2D eigenvalue weighted by atomic mass is 16.2. The van der Waals surface area contributed by atoms with E-state index in [0.29, 0.717) is 18.2 Å². The Labute approximate surface area is 189 Å². The third-order valence-corrected chi connectivity index (χ3v) is 6.09. The summed E-state index contributed by atoms with van der Waals surface area (Å²) in [5.74, 6) is -0.191. The summed E-state index contributed by atoms with van der Waals surface area (Å²) in [6, 6.07) is 17.6. The number of hydrogen-bond acceptors (Lipinski definition) is 4. The van der Waals surface area contributed by atoms with Crippen LogP contribution in [0, 0.1) is 0 Å². The molecular formula is C26H30N4O2. The molecule has 2 aromatic carbocycles. The summed E-state index contributed by atoms with van der Waals surface area (Å²) in [6.07, 6.45) is 3.76. The highest BCUT2D eigenvalue weighted by Gasteiger charge is 2.18. The zero-order chi connectivity index (χ0) is 22.5. The SMILES string of the molecule is CC(=O)Nc1ccc(-c2cc(C(=O)NCCN3CCCC[C@H]3C)c3ccccc3n2)cc1. The maximum atomic E-state index is 13.1. The number of fused-ring (bicyclic) bond motifs is 1. The van der Waals surface area contributed by atoms with E-state index in [4.69, 9.17) is 4.98 Å². The van der Waals surface area contributed by atoms with Crippen molar-refractivity contribution in [2.45, 2.75) is 39.2 Å². The molecule has 2 N–H and O–H groups in total. The number of benzene rings is 2. The van der Waals surface area contributed by atoms with Crippen molar-refractivity contribution in [2.24, 2.45) is 0 Å². The lowest BCUT2D eigenvalue weighted by atomic mass is 10.0. The van der Waals surface area contributed by atoms with Crippen molar-refractivity contribution in [3.05, 3.63) is 60.2 Å². The molecule has 1 aliphatic rings. The number of piperidine rings is 1. The Morgan fingerprint density at radius 1 is 1.09 bits per heavy atom. The second kappa shape index (κ2) is 9.92. The minimum atomic E-state index is -0.112. The number of pyridine rings is 1. The highest BCUT2D eigenvalue weighted by Crippen LogP contribution is 2.26. The van der Waals surface area contributed by atoms with E-state index in [1.54, 1.807) is 0 Å². The Morgan fingerprint density at radius 3 is 2.62 bits per heavy atom. The number of rotatable bonds is 6. The molecule has 0 bridgehead atoms. The average Bonchev–Trinajstić information content (AvgIpc) is 2.79. The first kappa shape index (κ1) is 22.0. The molecule has 3 aromatic rings. The Kier molecular flexibility index (Phi) is 6.81. The van der Waals surface area contributed by atoms with Crippen LogP contribution < -0.4 is 10.6 Å². The van der Waals surface area contributed by atoms with E-state index in [1.165, 1.54) is 26.2 Å². The van der Waals surface area contributed by atoms with E-state index in [0.717, 1.165) is 40.9 Å². The molecule has 0 radical (unpaired) electrons. The number of hydrogen-bond donors (Lipinski definition) is 2. The molecule has 0 unspecified atom stereocenters. The second-order valence-corrected chi connectivity index (χ2v) is 8.47. The standard InChI is InChI=1S/C26H30N4O2/c1-18-7-5-6-15-30(18)16-14-27-26(32)23-17-25(29-24-9-4-3-8-22(23)24)20-10-12-21(13-11-20)28-19(2)31/h3-4,8-13,17-18H,5-7,14-16H2,1-2H3,(H,27,32)(H,28,31)/t18-/m1/s1. The average molecular weight is 431 g/mol. The lowest BCUT2D eigenvalue weighted by Gasteiger charge is -2.33. The maximum Gasteiger partial charge on any atom is 0.252 e. The molecule has 0 aliphatic carbocycles. The number of amides is 2. The Bertz CT molecular complexity index is 1110. The summed E-state index contributed by atoms with van der Waals surface area (Å²) in [4.78, 5) is 31.6. The Morgan fingerprint density at radius 2 is 1.88 bits per heavy atom. The van der Waals surface area contributed by atoms with E-state index < -0.39 is 0 Å².